The molecule has 0 bridgehead atoms. The van der Waals surface area contributed by atoms with E-state index in [1.54, 1.807) is 6.92 Å². The highest BCUT2D eigenvalue weighted by atomic mass is 32.2. The largest absolute Gasteiger partial charge is 0.465 e. The van der Waals surface area contributed by atoms with Crippen molar-refractivity contribution >= 4 is 16.2 Å². The molecule has 3 N–H and O–H groups in total. The van der Waals surface area contributed by atoms with Crippen LogP contribution in [-0.4, -0.2) is 50.5 Å². The molecule has 0 aromatic heterocycles. The number of ether oxygens (including phenoxy) is 1. The van der Waals surface area contributed by atoms with Crippen LogP contribution in [0.15, 0.2) is 0 Å². The topological polar surface area (TPSA) is 102 Å². The Kier molecular flexibility index (Phi) is 5.00. The van der Waals surface area contributed by atoms with Crippen LogP contribution in [0.2, 0.25) is 0 Å². The van der Waals surface area contributed by atoms with E-state index in [1.165, 1.54) is 4.31 Å². The molecule has 2 aliphatic rings. The quantitative estimate of drug-likeness (QED) is 0.622. The SMILES string of the molecule is CCOC(=O)C1CCCN1S(=O)(=O)NCC(N)C1CC1. The molecule has 0 aromatic rings. The van der Waals surface area contributed by atoms with Crippen LogP contribution < -0.4 is 10.5 Å². The number of nitrogens with zero attached hydrogens (tertiary/aromatic N) is 1. The molecule has 7 nitrogen and oxygen atoms in total. The number of carbonyl (C=O) groups excluding carboxylic acids is 1. The predicted octanol–water partition coefficient (Wildman–Crippen LogP) is -0.414. The van der Waals surface area contributed by atoms with Gasteiger partial charge in [0.1, 0.15) is 6.04 Å². The number of nitrogens with two attached hydrogens (primary N) is 1. The average Bonchev–Trinajstić information content (AvgIpc) is 3.12. The van der Waals surface area contributed by atoms with Gasteiger partial charge in [0.2, 0.25) is 0 Å². The van der Waals surface area contributed by atoms with E-state index in [9.17, 15) is 13.2 Å². The molecular formula is C12H23N3O4S. The third kappa shape index (κ3) is 3.69. The molecule has 1 aliphatic carbocycles. The van der Waals surface area contributed by atoms with E-state index in [0.29, 0.717) is 25.3 Å². The number of rotatable bonds is 7. The summed E-state index contributed by atoms with van der Waals surface area (Å²) in [5.74, 6) is -0.0426. The first-order valence-electron chi connectivity index (χ1n) is 7.14. The summed E-state index contributed by atoms with van der Waals surface area (Å²) in [7, 11) is -3.67. The van der Waals surface area contributed by atoms with Gasteiger partial charge in [0.25, 0.3) is 10.2 Å². The van der Waals surface area contributed by atoms with Crippen LogP contribution in [0.1, 0.15) is 32.6 Å². The Labute approximate surface area is 120 Å². The fraction of sp³-hybridized carbons (Fsp3) is 0.917. The van der Waals surface area contributed by atoms with Gasteiger partial charge in [-0.1, -0.05) is 0 Å². The van der Waals surface area contributed by atoms with Crippen LogP contribution in [0.25, 0.3) is 0 Å². The number of esters is 1. The molecule has 0 radical (unpaired) electrons. The first-order valence-corrected chi connectivity index (χ1v) is 8.58. The lowest BCUT2D eigenvalue weighted by molar-refractivity contribution is -0.146. The van der Waals surface area contributed by atoms with Gasteiger partial charge in [-0.05, 0) is 38.5 Å². The Morgan fingerprint density at radius 3 is 2.75 bits per heavy atom. The molecule has 0 aromatic carbocycles. The van der Waals surface area contributed by atoms with Crippen molar-refractivity contribution in [2.24, 2.45) is 11.7 Å². The van der Waals surface area contributed by atoms with Crippen LogP contribution in [0.3, 0.4) is 0 Å². The summed E-state index contributed by atoms with van der Waals surface area (Å²) in [4.78, 5) is 11.8. The molecule has 2 atom stereocenters. The van der Waals surface area contributed by atoms with Gasteiger partial charge in [0, 0.05) is 19.1 Å². The summed E-state index contributed by atoms with van der Waals surface area (Å²) >= 11 is 0. The van der Waals surface area contributed by atoms with E-state index in [0.717, 1.165) is 12.8 Å². The van der Waals surface area contributed by atoms with Crippen LogP contribution in [0.4, 0.5) is 0 Å². The van der Waals surface area contributed by atoms with Gasteiger partial charge in [-0.15, -0.1) is 0 Å². The van der Waals surface area contributed by atoms with Crippen LogP contribution in [-0.2, 0) is 19.7 Å². The molecule has 1 heterocycles. The smallest absolute Gasteiger partial charge is 0.324 e. The summed E-state index contributed by atoms with van der Waals surface area (Å²) in [5.41, 5.74) is 5.89. The first kappa shape index (κ1) is 15.7. The summed E-state index contributed by atoms with van der Waals surface area (Å²) in [6, 6.07) is -0.849. The summed E-state index contributed by atoms with van der Waals surface area (Å²) in [6.45, 7) is 2.53. The maximum atomic E-state index is 12.3. The van der Waals surface area contributed by atoms with Crippen LogP contribution >= 0.6 is 0 Å². The highest BCUT2D eigenvalue weighted by molar-refractivity contribution is 7.87. The van der Waals surface area contributed by atoms with E-state index in [4.69, 9.17) is 10.5 Å². The van der Waals surface area contributed by atoms with E-state index in [2.05, 4.69) is 4.72 Å². The normalized spacial score (nSPS) is 25.6. The minimum atomic E-state index is -3.67. The lowest BCUT2D eigenvalue weighted by Crippen LogP contribution is -2.49. The van der Waals surface area contributed by atoms with Crippen molar-refractivity contribution in [2.75, 3.05) is 19.7 Å². The molecule has 20 heavy (non-hydrogen) atoms. The maximum absolute atomic E-state index is 12.3. The number of nitrogens with one attached hydrogen (secondary N) is 1. The van der Waals surface area contributed by atoms with Gasteiger partial charge in [-0.25, -0.2) is 4.72 Å². The molecule has 0 spiro atoms. The van der Waals surface area contributed by atoms with Crippen LogP contribution in [0.5, 0.6) is 0 Å². The molecule has 1 aliphatic heterocycles. The zero-order valence-corrected chi connectivity index (χ0v) is 12.6. The van der Waals surface area contributed by atoms with Crippen molar-refractivity contribution in [1.82, 2.24) is 9.03 Å². The van der Waals surface area contributed by atoms with Gasteiger partial charge in [-0.2, -0.15) is 12.7 Å². The lowest BCUT2D eigenvalue weighted by atomic mass is 10.2. The van der Waals surface area contributed by atoms with Crippen molar-refractivity contribution in [1.29, 1.82) is 0 Å². The highest BCUT2D eigenvalue weighted by Crippen LogP contribution is 2.31. The van der Waals surface area contributed by atoms with Gasteiger partial charge in [-0.3, -0.25) is 4.79 Å². The molecule has 2 unspecified atom stereocenters. The Bertz CT molecular complexity index is 450. The van der Waals surface area contributed by atoms with Crippen LogP contribution in [0, 0.1) is 5.92 Å². The second kappa shape index (κ2) is 6.38. The summed E-state index contributed by atoms with van der Waals surface area (Å²) < 4.78 is 33.1. The fourth-order valence-electron chi connectivity index (χ4n) is 2.48. The Hall–Kier alpha value is -0.700. The Morgan fingerprint density at radius 2 is 2.15 bits per heavy atom. The average molecular weight is 305 g/mol. The highest BCUT2D eigenvalue weighted by Gasteiger charge is 2.40. The first-order chi connectivity index (χ1) is 9.45. The van der Waals surface area contributed by atoms with E-state index >= 15 is 0 Å². The Balaban J connectivity index is 1.94. The molecular weight excluding hydrogens is 282 g/mol. The maximum Gasteiger partial charge on any atom is 0.324 e. The number of hydrogen-bond donors (Lipinski definition) is 2. The minimum absolute atomic E-state index is 0.145. The second-order valence-electron chi connectivity index (χ2n) is 5.38. The molecule has 1 saturated carbocycles. The monoisotopic (exact) mass is 305 g/mol. The molecule has 1 saturated heterocycles. The van der Waals surface area contributed by atoms with Crippen molar-refractivity contribution in [3.8, 4) is 0 Å². The fourth-order valence-corrected chi connectivity index (χ4v) is 3.94. The molecule has 8 heteroatoms. The molecule has 0 amide bonds. The van der Waals surface area contributed by atoms with Crippen molar-refractivity contribution in [3.05, 3.63) is 0 Å². The summed E-state index contributed by atoms with van der Waals surface area (Å²) in [6.07, 6.45) is 3.31. The van der Waals surface area contributed by atoms with Gasteiger partial charge in [0.15, 0.2) is 0 Å². The van der Waals surface area contributed by atoms with Crippen molar-refractivity contribution in [2.45, 2.75) is 44.7 Å². The third-order valence-electron chi connectivity index (χ3n) is 3.80. The van der Waals surface area contributed by atoms with E-state index in [1.807, 2.05) is 0 Å². The number of hydrogen-bond acceptors (Lipinski definition) is 5. The molecule has 2 rings (SSSR count). The molecule has 116 valence electrons. The number of carbonyl (C=O) groups is 1. The Morgan fingerprint density at radius 1 is 1.45 bits per heavy atom. The predicted molar refractivity (Wildman–Crippen MR) is 74.0 cm³/mol. The van der Waals surface area contributed by atoms with Gasteiger partial charge < -0.3 is 10.5 Å². The van der Waals surface area contributed by atoms with Gasteiger partial charge in [0.05, 0.1) is 6.61 Å². The second-order valence-corrected chi connectivity index (χ2v) is 7.08. The van der Waals surface area contributed by atoms with E-state index < -0.39 is 22.2 Å². The minimum Gasteiger partial charge on any atom is -0.465 e. The van der Waals surface area contributed by atoms with Crippen molar-refractivity contribution < 1.29 is 17.9 Å². The summed E-state index contributed by atoms with van der Waals surface area (Å²) in [5, 5.41) is 0. The standard InChI is InChI=1S/C12H23N3O4S/c1-2-19-12(16)11-4-3-7-15(11)20(17,18)14-8-10(13)9-5-6-9/h9-11,14H,2-8,13H2,1H3. The van der Waals surface area contributed by atoms with Crippen molar-refractivity contribution in [3.63, 3.8) is 0 Å². The zero-order chi connectivity index (χ0) is 14.8. The third-order valence-corrected chi connectivity index (χ3v) is 5.39. The molecule has 2 fully saturated rings. The lowest BCUT2D eigenvalue weighted by Gasteiger charge is -2.23. The van der Waals surface area contributed by atoms with Gasteiger partial charge >= 0.3 is 5.97 Å². The zero-order valence-electron chi connectivity index (χ0n) is 11.7. The van der Waals surface area contributed by atoms with E-state index in [-0.39, 0.29) is 19.2 Å².